The van der Waals surface area contributed by atoms with Crippen LogP contribution in [0.5, 0.6) is 0 Å². The van der Waals surface area contributed by atoms with Gasteiger partial charge in [0.25, 0.3) is 5.91 Å². The smallest absolute Gasteiger partial charge is 0.255 e. The number of fused-ring (bicyclic) bond motifs is 1. The number of piperidine rings is 1. The SMILES string of the molecule is Nc1ncc(-c2ccc([C@]34C[C@H]3CN(CCCN3CCOCC3)C4)cc2)cc1C(=O)NC1CCCCC1. The molecule has 1 aromatic heterocycles. The quantitative estimate of drug-likeness (QED) is 0.572. The molecule has 0 spiro atoms. The van der Waals surface area contributed by atoms with Gasteiger partial charge in [0, 0.05) is 49.4 Å². The Hall–Kier alpha value is -2.48. The van der Waals surface area contributed by atoms with E-state index in [1.165, 1.54) is 63.8 Å². The number of nitrogens with one attached hydrogen (secondary N) is 1. The van der Waals surface area contributed by atoms with Crippen LogP contribution in [0.1, 0.15) is 60.9 Å². The monoisotopic (exact) mass is 503 g/mol. The van der Waals surface area contributed by atoms with Crippen LogP contribution in [0.15, 0.2) is 36.5 Å². The topological polar surface area (TPSA) is 83.7 Å². The van der Waals surface area contributed by atoms with Crippen LogP contribution >= 0.6 is 0 Å². The van der Waals surface area contributed by atoms with Crippen LogP contribution in [0.25, 0.3) is 11.1 Å². The van der Waals surface area contributed by atoms with Gasteiger partial charge in [-0.05, 0) is 61.9 Å². The fraction of sp³-hybridized carbons (Fsp3) is 0.600. The highest BCUT2D eigenvalue weighted by molar-refractivity contribution is 5.99. The first kappa shape index (κ1) is 24.8. The number of anilines is 1. The molecule has 2 saturated carbocycles. The predicted octanol–water partition coefficient (Wildman–Crippen LogP) is 3.69. The third-order valence-corrected chi connectivity index (χ3v) is 9.17. The van der Waals surface area contributed by atoms with E-state index in [9.17, 15) is 4.79 Å². The molecule has 0 radical (unpaired) electrons. The molecule has 7 heteroatoms. The van der Waals surface area contributed by atoms with Gasteiger partial charge in [-0.2, -0.15) is 0 Å². The Morgan fingerprint density at radius 1 is 1.05 bits per heavy atom. The third-order valence-electron chi connectivity index (χ3n) is 9.17. The summed E-state index contributed by atoms with van der Waals surface area (Å²) in [7, 11) is 0. The van der Waals surface area contributed by atoms with Gasteiger partial charge in [0.1, 0.15) is 5.82 Å². The number of likely N-dealkylation sites (tertiary alicyclic amines) is 1. The summed E-state index contributed by atoms with van der Waals surface area (Å²) in [6.45, 7) is 8.70. The Bertz CT molecular complexity index is 1090. The summed E-state index contributed by atoms with van der Waals surface area (Å²) >= 11 is 0. The molecule has 2 aromatic rings. The lowest BCUT2D eigenvalue weighted by molar-refractivity contribution is 0.0362. The van der Waals surface area contributed by atoms with Crippen molar-refractivity contribution in [2.45, 2.75) is 56.4 Å². The first-order valence-electron chi connectivity index (χ1n) is 14.3. The zero-order chi connectivity index (χ0) is 25.2. The molecule has 3 heterocycles. The van der Waals surface area contributed by atoms with Gasteiger partial charge in [-0.15, -0.1) is 0 Å². The van der Waals surface area contributed by atoms with Gasteiger partial charge in [-0.3, -0.25) is 9.69 Å². The second kappa shape index (κ2) is 10.7. The molecule has 37 heavy (non-hydrogen) atoms. The van der Waals surface area contributed by atoms with Crippen molar-refractivity contribution >= 4 is 11.7 Å². The molecular formula is C30H41N5O2. The van der Waals surface area contributed by atoms with E-state index < -0.39 is 0 Å². The highest BCUT2D eigenvalue weighted by Crippen LogP contribution is 2.59. The van der Waals surface area contributed by atoms with Crippen LogP contribution in [0, 0.1) is 5.92 Å². The number of morpholine rings is 1. The van der Waals surface area contributed by atoms with Crippen molar-refractivity contribution in [2.75, 3.05) is 58.2 Å². The van der Waals surface area contributed by atoms with Crippen molar-refractivity contribution in [3.63, 3.8) is 0 Å². The summed E-state index contributed by atoms with van der Waals surface area (Å²) in [5, 5.41) is 3.18. The van der Waals surface area contributed by atoms with Crippen LogP contribution in [0.3, 0.4) is 0 Å². The highest BCUT2D eigenvalue weighted by atomic mass is 16.5. The van der Waals surface area contributed by atoms with E-state index in [0.717, 1.165) is 56.2 Å². The number of nitrogens with zero attached hydrogens (tertiary/aromatic N) is 3. The molecule has 0 bridgehead atoms. The molecule has 3 N–H and O–H groups in total. The zero-order valence-corrected chi connectivity index (χ0v) is 22.0. The predicted molar refractivity (Wildman–Crippen MR) is 147 cm³/mol. The molecule has 7 nitrogen and oxygen atoms in total. The number of carbonyl (C=O) groups excluding carboxylic acids is 1. The maximum Gasteiger partial charge on any atom is 0.255 e. The van der Waals surface area contributed by atoms with Gasteiger partial charge >= 0.3 is 0 Å². The Balaban J connectivity index is 1.07. The number of pyridine rings is 1. The van der Waals surface area contributed by atoms with Crippen LogP contribution < -0.4 is 11.1 Å². The molecule has 2 aliphatic heterocycles. The van der Waals surface area contributed by atoms with E-state index in [2.05, 4.69) is 44.4 Å². The van der Waals surface area contributed by atoms with Gasteiger partial charge < -0.3 is 20.7 Å². The lowest BCUT2D eigenvalue weighted by Crippen LogP contribution is -2.38. The third kappa shape index (κ3) is 5.40. The minimum absolute atomic E-state index is 0.102. The summed E-state index contributed by atoms with van der Waals surface area (Å²) < 4.78 is 5.47. The molecular weight excluding hydrogens is 462 g/mol. The number of hydrogen-bond acceptors (Lipinski definition) is 6. The Labute approximate surface area is 220 Å². The normalized spacial score (nSPS) is 26.6. The van der Waals surface area contributed by atoms with Crippen LogP contribution in [0.4, 0.5) is 5.82 Å². The van der Waals surface area contributed by atoms with Crippen LogP contribution in [0.2, 0.25) is 0 Å². The number of ether oxygens (including phenoxy) is 1. The molecule has 2 saturated heterocycles. The number of rotatable bonds is 8. The van der Waals surface area contributed by atoms with Gasteiger partial charge in [0.2, 0.25) is 0 Å². The first-order chi connectivity index (χ1) is 18.1. The van der Waals surface area contributed by atoms with Crippen LogP contribution in [-0.4, -0.2) is 79.2 Å². The summed E-state index contributed by atoms with van der Waals surface area (Å²) in [5.41, 5.74) is 10.4. The van der Waals surface area contributed by atoms with E-state index in [-0.39, 0.29) is 11.9 Å². The Morgan fingerprint density at radius 2 is 1.81 bits per heavy atom. The average molecular weight is 504 g/mol. The van der Waals surface area contributed by atoms with Gasteiger partial charge in [0.15, 0.2) is 0 Å². The molecule has 4 aliphatic rings. The number of hydrogen-bond donors (Lipinski definition) is 2. The maximum atomic E-state index is 12.9. The van der Waals surface area contributed by atoms with E-state index in [4.69, 9.17) is 10.5 Å². The summed E-state index contributed by atoms with van der Waals surface area (Å²) in [4.78, 5) is 22.5. The van der Waals surface area contributed by atoms with Crippen molar-refractivity contribution in [1.29, 1.82) is 0 Å². The molecule has 2 aliphatic carbocycles. The largest absolute Gasteiger partial charge is 0.383 e. The molecule has 6 rings (SSSR count). The van der Waals surface area contributed by atoms with Crippen molar-refractivity contribution in [1.82, 2.24) is 20.1 Å². The average Bonchev–Trinajstić information content (AvgIpc) is 3.51. The lowest BCUT2D eigenvalue weighted by Gasteiger charge is -2.28. The molecule has 1 aromatic carbocycles. The zero-order valence-electron chi connectivity index (χ0n) is 22.0. The Morgan fingerprint density at radius 3 is 2.59 bits per heavy atom. The molecule has 4 fully saturated rings. The second-order valence-electron chi connectivity index (χ2n) is 11.6. The van der Waals surface area contributed by atoms with Gasteiger partial charge in [0.05, 0.1) is 18.8 Å². The fourth-order valence-corrected chi connectivity index (χ4v) is 6.87. The fourth-order valence-electron chi connectivity index (χ4n) is 6.87. The first-order valence-corrected chi connectivity index (χ1v) is 14.3. The highest BCUT2D eigenvalue weighted by Gasteiger charge is 2.60. The lowest BCUT2D eigenvalue weighted by atomic mass is 9.93. The van der Waals surface area contributed by atoms with E-state index in [0.29, 0.717) is 16.8 Å². The van der Waals surface area contributed by atoms with Crippen molar-refractivity contribution < 1.29 is 9.53 Å². The van der Waals surface area contributed by atoms with Crippen molar-refractivity contribution in [3.05, 3.63) is 47.7 Å². The minimum Gasteiger partial charge on any atom is -0.383 e. The molecule has 2 atom stereocenters. The second-order valence-corrected chi connectivity index (χ2v) is 11.6. The standard InChI is InChI=1S/C30H41N5O2/c31-28-27(29(36)33-26-5-2-1-3-6-26)17-23(19-32-28)22-7-9-24(10-8-22)30-18-25(30)20-35(21-30)12-4-11-34-13-15-37-16-14-34/h7-10,17,19,25-26H,1-6,11-16,18,20-21H2,(H2,31,32)(H,33,36)/t25-,30+/m0/s1. The van der Waals surface area contributed by atoms with Gasteiger partial charge in [-0.1, -0.05) is 43.5 Å². The summed E-state index contributed by atoms with van der Waals surface area (Å²) in [6, 6.07) is 11.1. The van der Waals surface area contributed by atoms with Gasteiger partial charge in [-0.25, -0.2) is 4.98 Å². The summed E-state index contributed by atoms with van der Waals surface area (Å²) in [6.07, 6.45) is 10.0. The number of nitrogens with two attached hydrogens (primary N) is 1. The van der Waals surface area contributed by atoms with Crippen molar-refractivity contribution in [3.8, 4) is 11.1 Å². The van der Waals surface area contributed by atoms with E-state index in [1.54, 1.807) is 6.20 Å². The number of amides is 1. The minimum atomic E-state index is -0.102. The number of aromatic nitrogens is 1. The molecule has 198 valence electrons. The van der Waals surface area contributed by atoms with E-state index >= 15 is 0 Å². The summed E-state index contributed by atoms with van der Waals surface area (Å²) in [5.74, 6) is 0.984. The van der Waals surface area contributed by atoms with Crippen LogP contribution in [-0.2, 0) is 10.2 Å². The van der Waals surface area contributed by atoms with Crippen molar-refractivity contribution in [2.24, 2.45) is 5.92 Å². The Kier molecular flexibility index (Phi) is 7.19. The maximum absolute atomic E-state index is 12.9. The van der Waals surface area contributed by atoms with E-state index in [1.807, 2.05) is 6.07 Å². The molecule has 0 unspecified atom stereocenters. The number of benzene rings is 1. The molecule has 1 amide bonds. The number of carbonyl (C=O) groups is 1. The number of nitrogen functional groups attached to an aromatic ring is 1.